The van der Waals surface area contributed by atoms with Crippen LogP contribution in [0.3, 0.4) is 0 Å². The first-order valence-corrected chi connectivity index (χ1v) is 11.3. The predicted molar refractivity (Wildman–Crippen MR) is 123 cm³/mol. The molecular weight excluding hydrogens is 416 g/mol. The summed E-state index contributed by atoms with van der Waals surface area (Å²) in [6.45, 7) is 9.89. The molecule has 2 aromatic carbocycles. The Labute approximate surface area is 187 Å². The van der Waals surface area contributed by atoms with E-state index in [1.54, 1.807) is 35.6 Å². The molecule has 0 aliphatic rings. The molecule has 30 heavy (non-hydrogen) atoms. The number of aromatic nitrogens is 1. The van der Waals surface area contributed by atoms with E-state index in [9.17, 15) is 4.79 Å². The van der Waals surface area contributed by atoms with Crippen LogP contribution in [0.4, 0.5) is 0 Å². The number of amides is 1. The van der Waals surface area contributed by atoms with Crippen LogP contribution in [0.1, 0.15) is 46.0 Å². The number of hydrogen-bond acceptors (Lipinski definition) is 4. The lowest BCUT2D eigenvalue weighted by molar-refractivity contribution is 0.0720. The van der Waals surface area contributed by atoms with E-state index in [0.29, 0.717) is 36.2 Å². The van der Waals surface area contributed by atoms with Gasteiger partial charge >= 0.3 is 0 Å². The number of rotatable bonds is 8. The summed E-state index contributed by atoms with van der Waals surface area (Å²) in [5, 5.41) is 3.52. The van der Waals surface area contributed by atoms with Gasteiger partial charge in [0, 0.05) is 22.5 Å². The van der Waals surface area contributed by atoms with Gasteiger partial charge in [0.15, 0.2) is 0 Å². The minimum absolute atomic E-state index is 0.0125. The highest BCUT2D eigenvalue weighted by Gasteiger charge is 2.19. The zero-order chi connectivity index (χ0) is 21.7. The highest BCUT2D eigenvalue weighted by molar-refractivity contribution is 7.09. The van der Waals surface area contributed by atoms with E-state index in [-0.39, 0.29) is 5.91 Å². The van der Waals surface area contributed by atoms with Crippen molar-refractivity contribution in [3.05, 3.63) is 80.3 Å². The van der Waals surface area contributed by atoms with Crippen LogP contribution in [0.2, 0.25) is 5.02 Å². The lowest BCUT2D eigenvalue weighted by Crippen LogP contribution is -2.33. The minimum Gasteiger partial charge on any atom is -0.486 e. The molecule has 0 aliphatic carbocycles. The fourth-order valence-corrected chi connectivity index (χ4v) is 3.96. The third kappa shape index (κ3) is 5.83. The second-order valence-electron chi connectivity index (χ2n) is 7.81. The number of hydrogen-bond donors (Lipinski definition) is 0. The maximum Gasteiger partial charge on any atom is 0.254 e. The number of aryl methyl sites for hydroxylation is 1. The molecule has 0 saturated heterocycles. The summed E-state index contributed by atoms with van der Waals surface area (Å²) >= 11 is 7.52. The van der Waals surface area contributed by atoms with Crippen LogP contribution in [0.15, 0.2) is 47.8 Å². The number of halogens is 1. The van der Waals surface area contributed by atoms with Crippen molar-refractivity contribution in [1.29, 1.82) is 0 Å². The Morgan fingerprint density at radius 2 is 1.90 bits per heavy atom. The largest absolute Gasteiger partial charge is 0.486 e. The first-order chi connectivity index (χ1) is 14.3. The molecule has 6 heteroatoms. The number of carbonyl (C=O) groups excluding carboxylic acids is 1. The maximum atomic E-state index is 13.0. The molecule has 0 unspecified atom stereocenters. The summed E-state index contributed by atoms with van der Waals surface area (Å²) in [6.07, 6.45) is 0. The van der Waals surface area contributed by atoms with E-state index >= 15 is 0 Å². The van der Waals surface area contributed by atoms with Crippen molar-refractivity contribution in [2.75, 3.05) is 6.54 Å². The standard InChI is InChI=1S/C24H27ClN2O2S/c1-16(2)12-27(24(28)19-8-10-20(25)11-9-19)13-21-15-30-23(26-21)14-29-22-7-5-6-17(3)18(22)4/h5-11,15-16H,12-14H2,1-4H3. The number of ether oxygens (including phenoxy) is 1. The van der Waals surface area contributed by atoms with Crippen LogP contribution in [-0.2, 0) is 13.2 Å². The second-order valence-corrected chi connectivity index (χ2v) is 9.18. The van der Waals surface area contributed by atoms with Crippen LogP contribution in [0, 0.1) is 19.8 Å². The van der Waals surface area contributed by atoms with E-state index in [4.69, 9.17) is 21.3 Å². The van der Waals surface area contributed by atoms with Crippen LogP contribution in [0.25, 0.3) is 0 Å². The lowest BCUT2D eigenvalue weighted by atomic mass is 10.1. The van der Waals surface area contributed by atoms with E-state index in [1.807, 2.05) is 22.4 Å². The average Bonchev–Trinajstić information content (AvgIpc) is 3.16. The molecule has 3 aromatic rings. The van der Waals surface area contributed by atoms with E-state index in [1.165, 1.54) is 5.56 Å². The third-order valence-electron chi connectivity index (χ3n) is 4.82. The SMILES string of the molecule is Cc1cccc(OCc2nc(CN(CC(C)C)C(=O)c3ccc(Cl)cc3)cs2)c1C. The van der Waals surface area contributed by atoms with Gasteiger partial charge in [-0.3, -0.25) is 4.79 Å². The van der Waals surface area contributed by atoms with Crippen LogP contribution < -0.4 is 4.74 Å². The summed E-state index contributed by atoms with van der Waals surface area (Å²) in [4.78, 5) is 19.6. The van der Waals surface area contributed by atoms with Gasteiger partial charge in [0.1, 0.15) is 17.4 Å². The molecule has 0 bridgehead atoms. The van der Waals surface area contributed by atoms with Gasteiger partial charge in [0.2, 0.25) is 0 Å². The molecule has 0 saturated carbocycles. The molecule has 0 aliphatic heterocycles. The highest BCUT2D eigenvalue weighted by atomic mass is 35.5. The van der Waals surface area contributed by atoms with Gasteiger partial charge in [-0.2, -0.15) is 0 Å². The first-order valence-electron chi connectivity index (χ1n) is 10.0. The van der Waals surface area contributed by atoms with Gasteiger partial charge < -0.3 is 9.64 Å². The molecule has 0 atom stereocenters. The molecule has 0 N–H and O–H groups in total. The molecule has 3 rings (SSSR count). The van der Waals surface area contributed by atoms with Crippen molar-refractivity contribution >= 4 is 28.8 Å². The number of benzene rings is 2. The van der Waals surface area contributed by atoms with Crippen molar-refractivity contribution in [3.63, 3.8) is 0 Å². The summed E-state index contributed by atoms with van der Waals surface area (Å²) < 4.78 is 5.97. The van der Waals surface area contributed by atoms with Crippen molar-refractivity contribution in [3.8, 4) is 5.75 Å². The van der Waals surface area contributed by atoms with Crippen molar-refractivity contribution in [2.24, 2.45) is 5.92 Å². The molecular formula is C24H27ClN2O2S. The van der Waals surface area contributed by atoms with Crippen LogP contribution >= 0.6 is 22.9 Å². The van der Waals surface area contributed by atoms with Gasteiger partial charge in [0.05, 0.1) is 12.2 Å². The quantitative estimate of drug-likeness (QED) is 0.411. The molecule has 0 spiro atoms. The Balaban J connectivity index is 1.68. The first kappa shape index (κ1) is 22.3. The fraction of sp³-hybridized carbons (Fsp3) is 0.333. The van der Waals surface area contributed by atoms with Gasteiger partial charge in [-0.05, 0) is 61.2 Å². The zero-order valence-corrected chi connectivity index (χ0v) is 19.4. The van der Waals surface area contributed by atoms with Gasteiger partial charge in [-0.15, -0.1) is 11.3 Å². The van der Waals surface area contributed by atoms with Gasteiger partial charge in [-0.1, -0.05) is 37.6 Å². The monoisotopic (exact) mass is 442 g/mol. The van der Waals surface area contributed by atoms with E-state index in [0.717, 1.165) is 22.0 Å². The predicted octanol–water partition coefficient (Wildman–Crippen LogP) is 6.29. The number of thiazole rings is 1. The second kappa shape index (κ2) is 10.1. The Morgan fingerprint density at radius 3 is 2.60 bits per heavy atom. The smallest absolute Gasteiger partial charge is 0.254 e. The molecule has 0 radical (unpaired) electrons. The Kier molecular flexibility index (Phi) is 7.51. The summed E-state index contributed by atoms with van der Waals surface area (Å²) in [6, 6.07) is 13.1. The van der Waals surface area contributed by atoms with Gasteiger partial charge in [-0.25, -0.2) is 4.98 Å². The minimum atomic E-state index is -0.0125. The molecule has 1 amide bonds. The zero-order valence-electron chi connectivity index (χ0n) is 17.8. The van der Waals surface area contributed by atoms with Crippen LogP contribution in [-0.4, -0.2) is 22.3 Å². The topological polar surface area (TPSA) is 42.4 Å². The number of nitrogens with zero attached hydrogens (tertiary/aromatic N) is 2. The fourth-order valence-electron chi connectivity index (χ4n) is 3.14. The maximum absolute atomic E-state index is 13.0. The normalized spacial score (nSPS) is 11.0. The third-order valence-corrected chi connectivity index (χ3v) is 5.95. The van der Waals surface area contributed by atoms with E-state index < -0.39 is 0 Å². The van der Waals surface area contributed by atoms with E-state index in [2.05, 4.69) is 33.8 Å². The summed E-state index contributed by atoms with van der Waals surface area (Å²) in [5.74, 6) is 1.22. The lowest BCUT2D eigenvalue weighted by Gasteiger charge is -2.24. The van der Waals surface area contributed by atoms with Crippen molar-refractivity contribution in [1.82, 2.24) is 9.88 Å². The molecule has 158 valence electrons. The Bertz CT molecular complexity index is 999. The number of carbonyl (C=O) groups is 1. The van der Waals surface area contributed by atoms with Crippen molar-refractivity contribution < 1.29 is 9.53 Å². The van der Waals surface area contributed by atoms with Crippen molar-refractivity contribution in [2.45, 2.75) is 40.8 Å². The Morgan fingerprint density at radius 1 is 1.17 bits per heavy atom. The Hall–Kier alpha value is -2.37. The molecule has 0 fully saturated rings. The molecule has 1 heterocycles. The molecule has 4 nitrogen and oxygen atoms in total. The molecule has 1 aromatic heterocycles. The van der Waals surface area contributed by atoms with Gasteiger partial charge in [0.25, 0.3) is 5.91 Å². The summed E-state index contributed by atoms with van der Waals surface area (Å²) in [7, 11) is 0. The highest BCUT2D eigenvalue weighted by Crippen LogP contribution is 2.23. The summed E-state index contributed by atoms with van der Waals surface area (Å²) in [5.41, 5.74) is 3.86. The van der Waals surface area contributed by atoms with Crippen LogP contribution in [0.5, 0.6) is 5.75 Å². The average molecular weight is 443 g/mol.